The molecule has 1 aliphatic heterocycles. The summed E-state index contributed by atoms with van der Waals surface area (Å²) in [6.07, 6.45) is 17.2. The number of fused-ring (bicyclic) bond motifs is 2. The number of rotatable bonds is 7. The van der Waals surface area contributed by atoms with E-state index in [9.17, 15) is 4.39 Å². The molecule has 3 aromatic heterocycles. The third kappa shape index (κ3) is 3.97. The molecule has 0 amide bonds. The van der Waals surface area contributed by atoms with Gasteiger partial charge in [-0.25, -0.2) is 9.37 Å². The number of alkyl halides is 1. The first kappa shape index (κ1) is 20.6. The number of hydrogen-bond acceptors (Lipinski definition) is 4. The van der Waals surface area contributed by atoms with Gasteiger partial charge in [-0.3, -0.25) is 4.98 Å². The van der Waals surface area contributed by atoms with Crippen molar-refractivity contribution in [3.05, 3.63) is 77.6 Å². The van der Waals surface area contributed by atoms with E-state index in [0.29, 0.717) is 31.2 Å². The zero-order valence-electron chi connectivity index (χ0n) is 18.9. The van der Waals surface area contributed by atoms with E-state index in [1.54, 1.807) is 0 Å². The summed E-state index contributed by atoms with van der Waals surface area (Å²) in [5.74, 6) is 1.13. The smallest absolute Gasteiger partial charge is 0.137 e. The lowest BCUT2D eigenvalue weighted by Gasteiger charge is -2.32. The predicted molar refractivity (Wildman–Crippen MR) is 129 cm³/mol. The molecule has 2 saturated carbocycles. The van der Waals surface area contributed by atoms with Crippen LogP contribution in [-0.4, -0.2) is 32.0 Å². The van der Waals surface area contributed by atoms with Crippen LogP contribution in [0.2, 0.25) is 0 Å². The van der Waals surface area contributed by atoms with Crippen molar-refractivity contribution in [1.29, 1.82) is 0 Å². The van der Waals surface area contributed by atoms with Gasteiger partial charge in [-0.05, 0) is 72.9 Å². The maximum absolute atomic E-state index is 13.0. The standard InChI is InChI=1S/C27H30FN5/c1-18-25-13-30-14-26(21-3-2-4-21)24(25)7-8-32(18)16-23-17-33-15-19(5-6-27(33)31-23)11-29-12-20-9-22(28)10-20/h5-8,13-15,17,20-22,29H,1-4,9-12,16H2. The molecule has 6 heteroatoms. The van der Waals surface area contributed by atoms with Gasteiger partial charge in [-0.1, -0.05) is 19.1 Å². The van der Waals surface area contributed by atoms with Crippen LogP contribution < -0.4 is 5.32 Å². The number of pyridine rings is 2. The van der Waals surface area contributed by atoms with Crippen molar-refractivity contribution in [2.45, 2.75) is 57.3 Å². The van der Waals surface area contributed by atoms with Crippen LogP contribution in [0.1, 0.15) is 66.0 Å². The van der Waals surface area contributed by atoms with Crippen molar-refractivity contribution in [3.63, 3.8) is 0 Å². The van der Waals surface area contributed by atoms with Gasteiger partial charge in [0.05, 0.1) is 12.2 Å². The van der Waals surface area contributed by atoms with Gasteiger partial charge < -0.3 is 14.6 Å². The number of aromatic nitrogens is 3. The summed E-state index contributed by atoms with van der Waals surface area (Å²) in [4.78, 5) is 11.5. The molecule has 0 aromatic carbocycles. The summed E-state index contributed by atoms with van der Waals surface area (Å²) in [5.41, 5.74) is 7.90. The molecule has 0 radical (unpaired) electrons. The number of nitrogens with zero attached hydrogens (tertiary/aromatic N) is 4. The Morgan fingerprint density at radius 2 is 2.03 bits per heavy atom. The lowest BCUT2D eigenvalue weighted by atomic mass is 9.77. The van der Waals surface area contributed by atoms with Gasteiger partial charge in [0.15, 0.2) is 0 Å². The Bertz CT molecular complexity index is 1220. The molecular formula is C27H30FN5. The largest absolute Gasteiger partial charge is 0.342 e. The summed E-state index contributed by atoms with van der Waals surface area (Å²) >= 11 is 0. The first-order valence-corrected chi connectivity index (χ1v) is 12.1. The van der Waals surface area contributed by atoms with Crippen molar-refractivity contribution in [2.75, 3.05) is 6.54 Å². The number of nitrogens with one attached hydrogen (secondary N) is 1. The molecule has 33 heavy (non-hydrogen) atoms. The summed E-state index contributed by atoms with van der Waals surface area (Å²) in [5, 5.41) is 3.46. The average molecular weight is 444 g/mol. The fourth-order valence-corrected chi connectivity index (χ4v) is 5.19. The Kier molecular flexibility index (Phi) is 5.25. The van der Waals surface area contributed by atoms with Gasteiger partial charge in [0.25, 0.3) is 0 Å². The van der Waals surface area contributed by atoms with E-state index in [2.05, 4.69) is 63.0 Å². The summed E-state index contributed by atoms with van der Waals surface area (Å²) in [6, 6.07) is 4.17. The molecule has 0 bridgehead atoms. The van der Waals surface area contributed by atoms with Crippen molar-refractivity contribution in [1.82, 2.24) is 24.6 Å². The second kappa shape index (κ2) is 8.41. The summed E-state index contributed by atoms with van der Waals surface area (Å²) in [7, 11) is 0. The lowest BCUT2D eigenvalue weighted by molar-refractivity contribution is 0.129. The fraction of sp³-hybridized carbons (Fsp3) is 0.407. The van der Waals surface area contributed by atoms with Crippen LogP contribution in [-0.2, 0) is 13.1 Å². The van der Waals surface area contributed by atoms with Crippen LogP contribution in [0.3, 0.4) is 0 Å². The second-order valence-corrected chi connectivity index (χ2v) is 9.81. The van der Waals surface area contributed by atoms with E-state index in [-0.39, 0.29) is 0 Å². The minimum absolute atomic E-state index is 0.486. The highest BCUT2D eigenvalue weighted by Gasteiger charge is 2.28. The Morgan fingerprint density at radius 3 is 2.82 bits per heavy atom. The maximum atomic E-state index is 13.0. The molecular weight excluding hydrogens is 413 g/mol. The summed E-state index contributed by atoms with van der Waals surface area (Å²) < 4.78 is 15.1. The molecule has 0 spiro atoms. The molecule has 1 N–H and O–H groups in total. The molecule has 3 aliphatic rings. The Hall–Kier alpha value is -2.99. The zero-order valence-corrected chi connectivity index (χ0v) is 18.9. The van der Waals surface area contributed by atoms with Gasteiger partial charge in [0.2, 0.25) is 0 Å². The minimum Gasteiger partial charge on any atom is -0.342 e. The monoisotopic (exact) mass is 443 g/mol. The van der Waals surface area contributed by atoms with E-state index in [1.807, 2.05) is 12.4 Å². The Morgan fingerprint density at radius 1 is 1.15 bits per heavy atom. The Labute approximate surface area is 194 Å². The predicted octanol–water partition coefficient (Wildman–Crippen LogP) is 5.29. The van der Waals surface area contributed by atoms with E-state index >= 15 is 0 Å². The van der Waals surface area contributed by atoms with Gasteiger partial charge in [-0.15, -0.1) is 0 Å². The molecule has 170 valence electrons. The van der Waals surface area contributed by atoms with E-state index < -0.39 is 6.17 Å². The van der Waals surface area contributed by atoms with Crippen LogP contribution in [0, 0.1) is 5.92 Å². The summed E-state index contributed by atoms with van der Waals surface area (Å²) in [6.45, 7) is 6.72. The molecule has 5 nitrogen and oxygen atoms in total. The van der Waals surface area contributed by atoms with Crippen LogP contribution >= 0.6 is 0 Å². The molecule has 3 aromatic rings. The topological polar surface area (TPSA) is 45.5 Å². The normalized spacial score (nSPS) is 22.3. The highest BCUT2D eigenvalue weighted by Crippen LogP contribution is 2.41. The minimum atomic E-state index is -0.585. The molecule has 6 rings (SSSR count). The first-order chi connectivity index (χ1) is 16.1. The van der Waals surface area contributed by atoms with Gasteiger partial charge >= 0.3 is 0 Å². The highest BCUT2D eigenvalue weighted by molar-refractivity contribution is 5.77. The van der Waals surface area contributed by atoms with Crippen molar-refractivity contribution >= 4 is 17.4 Å². The van der Waals surface area contributed by atoms with E-state index in [1.165, 1.54) is 36.0 Å². The SMILES string of the molecule is C=C1c2cncc(C3CCC3)c2C=CN1Cc1cn2cc(CNCC3CC(F)C3)ccc2n1. The molecule has 0 atom stereocenters. The maximum Gasteiger partial charge on any atom is 0.137 e. The third-order valence-electron chi connectivity index (χ3n) is 7.48. The molecule has 0 saturated heterocycles. The van der Waals surface area contributed by atoms with E-state index in [4.69, 9.17) is 4.98 Å². The zero-order chi connectivity index (χ0) is 22.4. The number of hydrogen-bond donors (Lipinski definition) is 1. The number of halogens is 1. The van der Waals surface area contributed by atoms with Crippen LogP contribution in [0.25, 0.3) is 17.4 Å². The second-order valence-electron chi connectivity index (χ2n) is 9.81. The molecule has 4 heterocycles. The molecule has 2 aliphatic carbocycles. The third-order valence-corrected chi connectivity index (χ3v) is 7.48. The van der Waals surface area contributed by atoms with Crippen LogP contribution in [0.15, 0.2) is 49.7 Å². The highest BCUT2D eigenvalue weighted by atomic mass is 19.1. The van der Waals surface area contributed by atoms with Crippen LogP contribution in [0.4, 0.5) is 4.39 Å². The van der Waals surface area contributed by atoms with Crippen molar-refractivity contribution in [2.24, 2.45) is 5.92 Å². The lowest BCUT2D eigenvalue weighted by Crippen LogP contribution is -2.33. The van der Waals surface area contributed by atoms with Gasteiger partial charge in [-0.2, -0.15) is 0 Å². The van der Waals surface area contributed by atoms with E-state index in [0.717, 1.165) is 35.7 Å². The van der Waals surface area contributed by atoms with Gasteiger partial charge in [0.1, 0.15) is 11.8 Å². The fourth-order valence-electron chi connectivity index (χ4n) is 5.19. The molecule has 0 unspecified atom stereocenters. The Balaban J connectivity index is 1.14. The van der Waals surface area contributed by atoms with Crippen LogP contribution in [0.5, 0.6) is 0 Å². The van der Waals surface area contributed by atoms with Gasteiger partial charge in [0, 0.05) is 48.8 Å². The van der Waals surface area contributed by atoms with Crippen molar-refractivity contribution in [3.8, 4) is 0 Å². The quantitative estimate of drug-likeness (QED) is 0.539. The molecule has 2 fully saturated rings. The number of imidazole rings is 1. The first-order valence-electron chi connectivity index (χ1n) is 12.1. The van der Waals surface area contributed by atoms with Crippen molar-refractivity contribution < 1.29 is 4.39 Å². The average Bonchev–Trinajstić information content (AvgIpc) is 3.15.